The maximum atomic E-state index is 12.9. The highest BCUT2D eigenvalue weighted by Crippen LogP contribution is 2.29. The number of carbonyl (C=O) groups excluding carboxylic acids is 1. The van der Waals surface area contributed by atoms with Crippen LogP contribution in [0, 0.1) is 6.92 Å². The van der Waals surface area contributed by atoms with Gasteiger partial charge < -0.3 is 18.8 Å². The van der Waals surface area contributed by atoms with Crippen molar-refractivity contribution in [2.75, 3.05) is 33.6 Å². The van der Waals surface area contributed by atoms with E-state index in [1.54, 1.807) is 25.4 Å². The standard InChI is InChI=1S/C26H28N4O4S/c1-18-7-5-8-20(15-18)30-25(22-9-6-14-34-22)27-28-26(30)35-17-24(31)29(2)13-12-19-10-11-21(32-3)23(16-19)33-4/h5-11,14-16H,12-13,17H2,1-4H3. The van der Waals surface area contributed by atoms with E-state index in [9.17, 15) is 4.79 Å². The SMILES string of the molecule is COc1ccc(CCN(C)C(=O)CSc2nnc(-c3ccco3)n2-c2cccc(C)c2)cc1OC. The summed E-state index contributed by atoms with van der Waals surface area (Å²) in [5.74, 6) is 2.82. The number of nitrogens with zero attached hydrogens (tertiary/aromatic N) is 4. The number of aryl methyl sites for hydroxylation is 1. The van der Waals surface area contributed by atoms with Crippen molar-refractivity contribution < 1.29 is 18.7 Å². The molecule has 0 fully saturated rings. The first-order valence-electron chi connectivity index (χ1n) is 11.1. The van der Waals surface area contributed by atoms with Gasteiger partial charge in [-0.05, 0) is 60.9 Å². The third-order valence-electron chi connectivity index (χ3n) is 5.57. The van der Waals surface area contributed by atoms with Crippen LogP contribution >= 0.6 is 11.8 Å². The van der Waals surface area contributed by atoms with Crippen LogP contribution in [-0.4, -0.2) is 59.1 Å². The molecule has 4 rings (SSSR count). The first-order chi connectivity index (χ1) is 17.0. The number of hydrogen-bond donors (Lipinski definition) is 0. The number of hydrogen-bond acceptors (Lipinski definition) is 7. The Balaban J connectivity index is 1.44. The molecule has 0 atom stereocenters. The highest BCUT2D eigenvalue weighted by atomic mass is 32.2. The van der Waals surface area contributed by atoms with Gasteiger partial charge in [-0.3, -0.25) is 9.36 Å². The van der Waals surface area contributed by atoms with E-state index in [0.29, 0.717) is 41.2 Å². The van der Waals surface area contributed by atoms with Crippen molar-refractivity contribution in [1.29, 1.82) is 0 Å². The predicted molar refractivity (Wildman–Crippen MR) is 135 cm³/mol. The lowest BCUT2D eigenvalue weighted by molar-refractivity contribution is -0.127. The summed E-state index contributed by atoms with van der Waals surface area (Å²) in [6.45, 7) is 2.61. The second kappa shape index (κ2) is 11.1. The number of carbonyl (C=O) groups is 1. The fraction of sp³-hybridized carbons (Fsp3) is 0.269. The lowest BCUT2D eigenvalue weighted by Gasteiger charge is -2.17. The first kappa shape index (κ1) is 24.4. The normalized spacial score (nSPS) is 10.9. The largest absolute Gasteiger partial charge is 0.493 e. The Bertz CT molecular complexity index is 1290. The minimum absolute atomic E-state index is 0.00816. The molecule has 1 amide bonds. The third kappa shape index (κ3) is 5.68. The van der Waals surface area contributed by atoms with Crippen molar-refractivity contribution in [3.05, 3.63) is 72.0 Å². The molecule has 182 valence electrons. The van der Waals surface area contributed by atoms with Crippen LogP contribution in [-0.2, 0) is 11.2 Å². The lowest BCUT2D eigenvalue weighted by Crippen LogP contribution is -2.30. The molecule has 2 aromatic carbocycles. The summed E-state index contributed by atoms with van der Waals surface area (Å²) in [7, 11) is 5.03. The highest BCUT2D eigenvalue weighted by molar-refractivity contribution is 7.99. The Morgan fingerprint density at radius 3 is 2.60 bits per heavy atom. The van der Waals surface area contributed by atoms with Gasteiger partial charge in [0.05, 0.1) is 31.9 Å². The van der Waals surface area contributed by atoms with E-state index >= 15 is 0 Å². The molecule has 0 unspecified atom stereocenters. The van der Waals surface area contributed by atoms with E-state index in [2.05, 4.69) is 16.3 Å². The summed E-state index contributed by atoms with van der Waals surface area (Å²) >= 11 is 1.35. The fourth-order valence-corrected chi connectivity index (χ4v) is 4.52. The number of methoxy groups -OCH3 is 2. The Morgan fingerprint density at radius 2 is 1.89 bits per heavy atom. The summed E-state index contributed by atoms with van der Waals surface area (Å²) in [5, 5.41) is 9.33. The monoisotopic (exact) mass is 492 g/mol. The smallest absolute Gasteiger partial charge is 0.232 e. The highest BCUT2D eigenvalue weighted by Gasteiger charge is 2.20. The number of benzene rings is 2. The number of aromatic nitrogens is 3. The van der Waals surface area contributed by atoms with Gasteiger partial charge in [0.15, 0.2) is 22.4 Å². The third-order valence-corrected chi connectivity index (χ3v) is 6.48. The summed E-state index contributed by atoms with van der Waals surface area (Å²) < 4.78 is 18.2. The van der Waals surface area contributed by atoms with E-state index in [1.807, 2.05) is 67.1 Å². The van der Waals surface area contributed by atoms with Crippen molar-refractivity contribution in [2.24, 2.45) is 0 Å². The van der Waals surface area contributed by atoms with E-state index in [1.165, 1.54) is 11.8 Å². The zero-order valence-corrected chi connectivity index (χ0v) is 21.0. The summed E-state index contributed by atoms with van der Waals surface area (Å²) in [6, 6.07) is 17.5. The van der Waals surface area contributed by atoms with Crippen molar-refractivity contribution in [3.8, 4) is 28.8 Å². The van der Waals surface area contributed by atoms with Crippen LogP contribution in [0.5, 0.6) is 11.5 Å². The Labute approximate surface area is 208 Å². The minimum atomic E-state index is 0.00816. The summed E-state index contributed by atoms with van der Waals surface area (Å²) in [5.41, 5.74) is 3.10. The molecular weight excluding hydrogens is 464 g/mol. The van der Waals surface area contributed by atoms with Crippen molar-refractivity contribution >= 4 is 17.7 Å². The molecule has 2 aromatic heterocycles. The topological polar surface area (TPSA) is 82.6 Å². The van der Waals surface area contributed by atoms with Gasteiger partial charge in [0, 0.05) is 13.6 Å². The van der Waals surface area contributed by atoms with Crippen LogP contribution in [0.15, 0.2) is 70.4 Å². The average molecular weight is 493 g/mol. The number of furan rings is 1. The van der Waals surface area contributed by atoms with E-state index in [0.717, 1.165) is 16.8 Å². The van der Waals surface area contributed by atoms with Crippen molar-refractivity contribution in [3.63, 3.8) is 0 Å². The van der Waals surface area contributed by atoms with Crippen molar-refractivity contribution in [1.82, 2.24) is 19.7 Å². The van der Waals surface area contributed by atoms with Crippen LogP contribution in [0.25, 0.3) is 17.3 Å². The average Bonchev–Trinajstić information content (AvgIpc) is 3.55. The maximum Gasteiger partial charge on any atom is 0.232 e. The number of ether oxygens (including phenoxy) is 2. The zero-order chi connectivity index (χ0) is 24.8. The molecule has 0 aliphatic rings. The van der Waals surface area contributed by atoms with Crippen LogP contribution in [0.3, 0.4) is 0 Å². The molecule has 35 heavy (non-hydrogen) atoms. The van der Waals surface area contributed by atoms with Crippen LogP contribution in [0.1, 0.15) is 11.1 Å². The zero-order valence-electron chi connectivity index (χ0n) is 20.2. The molecule has 9 heteroatoms. The molecule has 4 aromatic rings. The molecule has 0 N–H and O–H groups in total. The predicted octanol–water partition coefficient (Wildman–Crippen LogP) is 4.65. The Hall–Kier alpha value is -3.72. The van der Waals surface area contributed by atoms with Gasteiger partial charge in [0.25, 0.3) is 0 Å². The summed E-state index contributed by atoms with van der Waals surface area (Å²) in [4.78, 5) is 14.6. The van der Waals surface area contributed by atoms with Crippen LogP contribution in [0.2, 0.25) is 0 Å². The number of rotatable bonds is 10. The maximum absolute atomic E-state index is 12.9. The van der Waals surface area contributed by atoms with Gasteiger partial charge in [-0.2, -0.15) is 0 Å². The molecule has 0 bridgehead atoms. The second-order valence-corrected chi connectivity index (χ2v) is 8.94. The van der Waals surface area contributed by atoms with Gasteiger partial charge in [-0.15, -0.1) is 10.2 Å². The molecule has 0 aliphatic carbocycles. The summed E-state index contributed by atoms with van der Waals surface area (Å²) in [6.07, 6.45) is 2.31. The fourth-order valence-electron chi connectivity index (χ4n) is 3.62. The van der Waals surface area contributed by atoms with E-state index in [4.69, 9.17) is 13.9 Å². The Kier molecular flexibility index (Phi) is 7.77. The molecule has 0 saturated carbocycles. The van der Waals surface area contributed by atoms with Gasteiger partial charge >= 0.3 is 0 Å². The molecule has 8 nitrogen and oxygen atoms in total. The second-order valence-electron chi connectivity index (χ2n) is 8.00. The minimum Gasteiger partial charge on any atom is -0.493 e. The van der Waals surface area contributed by atoms with Gasteiger partial charge in [0.1, 0.15) is 0 Å². The quantitative estimate of drug-likeness (QED) is 0.298. The molecule has 0 radical (unpaired) electrons. The molecule has 0 aliphatic heterocycles. The van der Waals surface area contributed by atoms with Crippen molar-refractivity contribution in [2.45, 2.75) is 18.5 Å². The first-order valence-corrected chi connectivity index (χ1v) is 12.1. The number of likely N-dealkylation sites (N-methyl/N-ethyl adjacent to an activating group) is 1. The number of amides is 1. The molecule has 0 spiro atoms. The van der Waals surface area contributed by atoms with Crippen LogP contribution < -0.4 is 9.47 Å². The Morgan fingerprint density at radius 1 is 1.06 bits per heavy atom. The van der Waals surface area contributed by atoms with Gasteiger partial charge in [-0.25, -0.2) is 0 Å². The van der Waals surface area contributed by atoms with E-state index in [-0.39, 0.29) is 11.7 Å². The molecular formula is C26H28N4O4S. The molecule has 2 heterocycles. The van der Waals surface area contributed by atoms with Gasteiger partial charge in [0.2, 0.25) is 11.7 Å². The lowest BCUT2D eigenvalue weighted by atomic mass is 10.1. The van der Waals surface area contributed by atoms with Crippen LogP contribution in [0.4, 0.5) is 0 Å². The number of thioether (sulfide) groups is 1. The van der Waals surface area contributed by atoms with E-state index < -0.39 is 0 Å². The van der Waals surface area contributed by atoms with Gasteiger partial charge in [-0.1, -0.05) is 30.0 Å². The molecule has 0 saturated heterocycles.